The fourth-order valence-corrected chi connectivity index (χ4v) is 1.75. The molecule has 0 fully saturated rings. The third-order valence-corrected chi connectivity index (χ3v) is 2.68. The standard InChI is InChI=1S/C15H13O3/c16-13-8-6-12(7-9-13)14(15(17)18)10-11-4-2-1-3-5-11/h1-10,14,16H,(H,17,18). The number of benzene rings is 2. The summed E-state index contributed by atoms with van der Waals surface area (Å²) in [4.78, 5) is 11.3. The van der Waals surface area contributed by atoms with E-state index in [1.807, 2.05) is 30.3 Å². The molecule has 2 aromatic carbocycles. The number of hydrogen-bond donors (Lipinski definition) is 2. The van der Waals surface area contributed by atoms with Crippen molar-refractivity contribution in [2.75, 3.05) is 0 Å². The van der Waals surface area contributed by atoms with Gasteiger partial charge in [-0.25, -0.2) is 0 Å². The average molecular weight is 241 g/mol. The third kappa shape index (κ3) is 2.88. The van der Waals surface area contributed by atoms with Crippen LogP contribution in [0.4, 0.5) is 0 Å². The van der Waals surface area contributed by atoms with E-state index in [1.165, 1.54) is 12.1 Å². The van der Waals surface area contributed by atoms with Gasteiger partial charge in [0.1, 0.15) is 5.75 Å². The molecule has 0 aliphatic carbocycles. The van der Waals surface area contributed by atoms with Crippen LogP contribution in [-0.4, -0.2) is 16.2 Å². The average Bonchev–Trinajstić information content (AvgIpc) is 2.38. The van der Waals surface area contributed by atoms with Crippen LogP contribution in [0, 0.1) is 6.42 Å². The van der Waals surface area contributed by atoms with Crippen molar-refractivity contribution >= 4 is 5.97 Å². The predicted molar refractivity (Wildman–Crippen MR) is 68.3 cm³/mol. The van der Waals surface area contributed by atoms with E-state index < -0.39 is 11.9 Å². The summed E-state index contributed by atoms with van der Waals surface area (Å²) in [5.41, 5.74) is 1.50. The number of carbonyl (C=O) groups is 1. The molecule has 1 atom stereocenters. The first kappa shape index (κ1) is 12.2. The van der Waals surface area contributed by atoms with Gasteiger partial charge in [-0.3, -0.25) is 4.79 Å². The summed E-state index contributed by atoms with van der Waals surface area (Å²) in [5.74, 6) is -1.50. The van der Waals surface area contributed by atoms with Crippen molar-refractivity contribution in [3.63, 3.8) is 0 Å². The molecule has 18 heavy (non-hydrogen) atoms. The van der Waals surface area contributed by atoms with Gasteiger partial charge in [-0.05, 0) is 23.3 Å². The van der Waals surface area contributed by atoms with E-state index in [-0.39, 0.29) is 5.75 Å². The Bertz CT molecular complexity index is 517. The largest absolute Gasteiger partial charge is 0.508 e. The Kier molecular flexibility index (Phi) is 3.63. The van der Waals surface area contributed by atoms with Crippen LogP contribution in [0.2, 0.25) is 0 Å². The molecule has 3 heteroatoms. The lowest BCUT2D eigenvalue weighted by Gasteiger charge is -2.12. The lowest BCUT2D eigenvalue weighted by molar-refractivity contribution is -0.137. The van der Waals surface area contributed by atoms with Crippen LogP contribution < -0.4 is 0 Å². The van der Waals surface area contributed by atoms with Gasteiger partial charge in [0.15, 0.2) is 0 Å². The summed E-state index contributed by atoms with van der Waals surface area (Å²) in [6.07, 6.45) is 1.69. The maximum absolute atomic E-state index is 11.3. The lowest BCUT2D eigenvalue weighted by Crippen LogP contribution is -2.12. The van der Waals surface area contributed by atoms with Crippen LogP contribution >= 0.6 is 0 Å². The highest BCUT2D eigenvalue weighted by Gasteiger charge is 2.20. The monoisotopic (exact) mass is 241 g/mol. The molecule has 2 aromatic rings. The minimum Gasteiger partial charge on any atom is -0.508 e. The van der Waals surface area contributed by atoms with Crippen molar-refractivity contribution in [3.8, 4) is 5.75 Å². The third-order valence-electron chi connectivity index (χ3n) is 2.68. The van der Waals surface area contributed by atoms with Crippen LogP contribution in [0.1, 0.15) is 17.0 Å². The van der Waals surface area contributed by atoms with Crippen molar-refractivity contribution in [1.82, 2.24) is 0 Å². The molecule has 1 unspecified atom stereocenters. The number of aliphatic carboxylic acids is 1. The van der Waals surface area contributed by atoms with Crippen LogP contribution in [0.5, 0.6) is 5.75 Å². The second kappa shape index (κ2) is 5.36. The topological polar surface area (TPSA) is 57.5 Å². The maximum atomic E-state index is 11.3. The van der Waals surface area contributed by atoms with E-state index in [0.29, 0.717) is 5.56 Å². The fraction of sp³-hybridized carbons (Fsp3) is 0.0667. The Morgan fingerprint density at radius 1 is 1.00 bits per heavy atom. The first-order valence-electron chi connectivity index (χ1n) is 5.58. The van der Waals surface area contributed by atoms with E-state index >= 15 is 0 Å². The van der Waals surface area contributed by atoms with Gasteiger partial charge in [0.2, 0.25) is 0 Å². The number of carboxylic acids is 1. The maximum Gasteiger partial charge on any atom is 0.311 e. The van der Waals surface area contributed by atoms with Crippen LogP contribution in [0.15, 0.2) is 54.6 Å². The molecule has 1 radical (unpaired) electrons. The molecule has 0 aliphatic rings. The van der Waals surface area contributed by atoms with E-state index in [0.717, 1.165) is 5.56 Å². The number of aromatic hydroxyl groups is 1. The molecule has 2 rings (SSSR count). The highest BCUT2D eigenvalue weighted by atomic mass is 16.4. The molecule has 0 saturated carbocycles. The fourth-order valence-electron chi connectivity index (χ4n) is 1.75. The van der Waals surface area contributed by atoms with Crippen LogP contribution in [0.3, 0.4) is 0 Å². The first-order valence-corrected chi connectivity index (χ1v) is 5.58. The molecule has 0 aromatic heterocycles. The summed E-state index contributed by atoms with van der Waals surface area (Å²) in [7, 11) is 0. The Morgan fingerprint density at radius 2 is 1.61 bits per heavy atom. The Hall–Kier alpha value is -2.29. The summed E-state index contributed by atoms with van der Waals surface area (Å²) >= 11 is 0. The minimum absolute atomic E-state index is 0.127. The van der Waals surface area contributed by atoms with Crippen molar-refractivity contribution < 1.29 is 15.0 Å². The molecule has 3 nitrogen and oxygen atoms in total. The number of phenolic OH excluding ortho intramolecular Hbond substituents is 1. The Balaban J connectivity index is 2.24. The van der Waals surface area contributed by atoms with E-state index in [9.17, 15) is 15.0 Å². The molecule has 0 spiro atoms. The molecule has 0 heterocycles. The van der Waals surface area contributed by atoms with Gasteiger partial charge in [0.25, 0.3) is 0 Å². The minimum atomic E-state index is -0.912. The number of hydrogen-bond acceptors (Lipinski definition) is 2. The van der Waals surface area contributed by atoms with E-state index in [1.54, 1.807) is 18.6 Å². The van der Waals surface area contributed by atoms with Crippen LogP contribution in [-0.2, 0) is 4.79 Å². The molecular formula is C15H13O3. The van der Waals surface area contributed by atoms with Gasteiger partial charge < -0.3 is 10.2 Å². The summed E-state index contributed by atoms with van der Waals surface area (Å²) in [6.45, 7) is 0. The molecule has 0 aliphatic heterocycles. The summed E-state index contributed by atoms with van der Waals surface area (Å²) in [5, 5.41) is 18.5. The Labute approximate surface area is 105 Å². The van der Waals surface area contributed by atoms with Crippen molar-refractivity contribution in [3.05, 3.63) is 72.1 Å². The SMILES string of the molecule is O=C(O)C([CH]c1ccccc1)c1ccc(O)cc1. The van der Waals surface area contributed by atoms with Crippen molar-refractivity contribution in [2.24, 2.45) is 0 Å². The number of phenols is 1. The summed E-state index contributed by atoms with van der Waals surface area (Å²) < 4.78 is 0. The molecule has 0 saturated heterocycles. The normalized spacial score (nSPS) is 12.0. The van der Waals surface area contributed by atoms with Gasteiger partial charge in [0.05, 0.1) is 5.92 Å². The number of rotatable bonds is 4. The molecule has 2 N–H and O–H groups in total. The van der Waals surface area contributed by atoms with Gasteiger partial charge in [0, 0.05) is 6.42 Å². The van der Waals surface area contributed by atoms with Crippen molar-refractivity contribution in [2.45, 2.75) is 5.92 Å². The van der Waals surface area contributed by atoms with Gasteiger partial charge in [-0.15, -0.1) is 0 Å². The lowest BCUT2D eigenvalue weighted by atomic mass is 9.92. The zero-order valence-corrected chi connectivity index (χ0v) is 9.65. The molecule has 0 amide bonds. The second-order valence-electron chi connectivity index (χ2n) is 3.98. The predicted octanol–water partition coefficient (Wildman–Crippen LogP) is 2.81. The molecule has 91 valence electrons. The van der Waals surface area contributed by atoms with Gasteiger partial charge in [-0.1, -0.05) is 42.5 Å². The smallest absolute Gasteiger partial charge is 0.311 e. The van der Waals surface area contributed by atoms with Gasteiger partial charge in [-0.2, -0.15) is 0 Å². The van der Waals surface area contributed by atoms with Crippen LogP contribution in [0.25, 0.3) is 0 Å². The highest BCUT2D eigenvalue weighted by Crippen LogP contribution is 2.24. The quantitative estimate of drug-likeness (QED) is 0.865. The second-order valence-corrected chi connectivity index (χ2v) is 3.98. The Morgan fingerprint density at radius 3 is 2.17 bits per heavy atom. The van der Waals surface area contributed by atoms with E-state index in [4.69, 9.17) is 0 Å². The zero-order chi connectivity index (χ0) is 13.0. The molecular weight excluding hydrogens is 228 g/mol. The first-order chi connectivity index (χ1) is 8.66. The zero-order valence-electron chi connectivity index (χ0n) is 9.65. The van der Waals surface area contributed by atoms with Gasteiger partial charge >= 0.3 is 5.97 Å². The highest BCUT2D eigenvalue weighted by molar-refractivity contribution is 5.78. The van der Waals surface area contributed by atoms with Crippen molar-refractivity contribution in [1.29, 1.82) is 0 Å². The summed E-state index contributed by atoms with van der Waals surface area (Å²) in [6, 6.07) is 15.5. The number of carboxylic acid groups (broad SMARTS) is 1. The van der Waals surface area contributed by atoms with E-state index in [2.05, 4.69) is 0 Å². The molecule has 0 bridgehead atoms.